The number of anilines is 1. The molecule has 0 unspecified atom stereocenters. The summed E-state index contributed by atoms with van der Waals surface area (Å²) in [6.07, 6.45) is 0. The van der Waals surface area contributed by atoms with Gasteiger partial charge >= 0.3 is 0 Å². The Bertz CT molecular complexity index is 437. The molecule has 0 aliphatic carbocycles. The summed E-state index contributed by atoms with van der Waals surface area (Å²) >= 11 is 3.28. The van der Waals surface area contributed by atoms with Crippen LogP contribution in [0.5, 0.6) is 0 Å². The van der Waals surface area contributed by atoms with Gasteiger partial charge in [0, 0.05) is 24.9 Å². The van der Waals surface area contributed by atoms with Gasteiger partial charge in [-0.25, -0.2) is 0 Å². The van der Waals surface area contributed by atoms with Gasteiger partial charge in [-0.05, 0) is 26.0 Å². The molecule has 0 aliphatic rings. The smallest absolute Gasteiger partial charge is 0.269 e. The van der Waals surface area contributed by atoms with Crippen molar-refractivity contribution in [1.82, 2.24) is 0 Å². The quantitative estimate of drug-likeness (QED) is 0.490. The Morgan fingerprint density at radius 1 is 1.35 bits per heavy atom. The van der Waals surface area contributed by atoms with E-state index < -0.39 is 9.25 Å². The lowest BCUT2D eigenvalue weighted by molar-refractivity contribution is -0.384. The molecule has 0 bridgehead atoms. The van der Waals surface area contributed by atoms with Crippen LogP contribution < -0.4 is 4.90 Å². The minimum Gasteiger partial charge on any atom is -0.314 e. The zero-order valence-electron chi connectivity index (χ0n) is 9.81. The van der Waals surface area contributed by atoms with E-state index in [1.807, 2.05) is 0 Å². The van der Waals surface area contributed by atoms with Crippen molar-refractivity contribution in [3.05, 3.63) is 34.4 Å². The summed E-state index contributed by atoms with van der Waals surface area (Å²) in [6.45, 7) is 3.49. The summed E-state index contributed by atoms with van der Waals surface area (Å²) < 4.78 is -0.663. The van der Waals surface area contributed by atoms with Crippen LogP contribution in [0.25, 0.3) is 0 Å². The van der Waals surface area contributed by atoms with Gasteiger partial charge in [-0.15, -0.1) is 0 Å². The van der Waals surface area contributed by atoms with Crippen LogP contribution in [0.4, 0.5) is 11.4 Å². The Morgan fingerprint density at radius 3 is 2.18 bits per heavy atom. The molecule has 0 atom stereocenters. The summed E-state index contributed by atoms with van der Waals surface area (Å²) in [4.78, 5) is 23.4. The molecule has 0 fully saturated rings. The predicted molar refractivity (Wildman–Crippen MR) is 69.5 cm³/mol. The van der Waals surface area contributed by atoms with Crippen LogP contribution in [0.2, 0.25) is 0 Å². The van der Waals surface area contributed by atoms with Crippen molar-refractivity contribution in [3.8, 4) is 0 Å². The molecule has 92 valence electrons. The highest BCUT2D eigenvalue weighted by atomic mass is 79.9. The lowest BCUT2D eigenvalue weighted by Crippen LogP contribution is -2.39. The second-order valence-electron chi connectivity index (χ2n) is 4.11. The average Bonchev–Trinajstić information content (AvgIpc) is 2.26. The number of carbonyl (C=O) groups excluding carboxylic acids is 1. The molecule has 1 amide bonds. The topological polar surface area (TPSA) is 63.5 Å². The van der Waals surface area contributed by atoms with Crippen LogP contribution in [0.15, 0.2) is 24.3 Å². The van der Waals surface area contributed by atoms with Gasteiger partial charge in [-0.1, -0.05) is 15.9 Å². The van der Waals surface area contributed by atoms with Crippen LogP contribution in [0.1, 0.15) is 13.8 Å². The first-order valence-electron chi connectivity index (χ1n) is 4.95. The summed E-state index contributed by atoms with van der Waals surface area (Å²) in [5.41, 5.74) is 0.626. The molecule has 0 saturated carbocycles. The van der Waals surface area contributed by atoms with Crippen molar-refractivity contribution < 1.29 is 9.72 Å². The molecule has 0 aliphatic heterocycles. The molecular formula is C11H13BrN2O3. The van der Waals surface area contributed by atoms with Crippen molar-refractivity contribution in [2.45, 2.75) is 18.2 Å². The minimum absolute atomic E-state index is 0.00713. The van der Waals surface area contributed by atoms with Crippen LogP contribution >= 0.6 is 15.9 Å². The maximum atomic E-state index is 11.9. The van der Waals surface area contributed by atoms with Crippen LogP contribution in [-0.4, -0.2) is 22.2 Å². The lowest BCUT2D eigenvalue weighted by atomic mass is 10.1. The number of hydrogen-bond donors (Lipinski definition) is 0. The molecule has 17 heavy (non-hydrogen) atoms. The molecule has 1 aromatic rings. The molecule has 0 spiro atoms. The average molecular weight is 301 g/mol. The van der Waals surface area contributed by atoms with Gasteiger partial charge in [0.05, 0.1) is 9.25 Å². The van der Waals surface area contributed by atoms with Gasteiger partial charge in [0.25, 0.3) is 5.69 Å². The number of benzene rings is 1. The first kappa shape index (κ1) is 13.6. The minimum atomic E-state index is -0.663. The number of non-ortho nitro benzene ring substituents is 1. The van der Waals surface area contributed by atoms with E-state index in [9.17, 15) is 14.9 Å². The molecule has 0 aromatic heterocycles. The fourth-order valence-corrected chi connectivity index (χ4v) is 1.58. The monoisotopic (exact) mass is 300 g/mol. The summed E-state index contributed by atoms with van der Waals surface area (Å²) in [6, 6.07) is 5.85. The molecule has 0 N–H and O–H groups in total. The number of nitrogens with zero attached hydrogens (tertiary/aromatic N) is 2. The van der Waals surface area contributed by atoms with Crippen LogP contribution in [0.3, 0.4) is 0 Å². The van der Waals surface area contributed by atoms with Crippen LogP contribution in [0, 0.1) is 10.1 Å². The van der Waals surface area contributed by atoms with E-state index in [0.717, 1.165) is 0 Å². The van der Waals surface area contributed by atoms with Gasteiger partial charge < -0.3 is 4.90 Å². The largest absolute Gasteiger partial charge is 0.314 e. The number of halogens is 1. The van der Waals surface area contributed by atoms with Crippen molar-refractivity contribution in [1.29, 1.82) is 0 Å². The third-order valence-corrected chi connectivity index (χ3v) is 2.60. The number of amides is 1. The second-order valence-corrected chi connectivity index (χ2v) is 6.09. The Kier molecular flexibility index (Phi) is 3.87. The zero-order chi connectivity index (χ0) is 13.2. The lowest BCUT2D eigenvalue weighted by Gasteiger charge is -2.24. The molecule has 6 heteroatoms. The Balaban J connectivity index is 2.94. The van der Waals surface area contributed by atoms with Gasteiger partial charge in [0.2, 0.25) is 5.91 Å². The molecule has 5 nitrogen and oxygen atoms in total. The fraction of sp³-hybridized carbons (Fsp3) is 0.364. The van der Waals surface area contributed by atoms with Crippen LogP contribution in [-0.2, 0) is 4.79 Å². The number of nitro benzene ring substituents is 1. The molecule has 1 rings (SSSR count). The number of carbonyl (C=O) groups is 1. The van der Waals surface area contributed by atoms with Gasteiger partial charge in [0.15, 0.2) is 0 Å². The molecule has 0 saturated heterocycles. The highest BCUT2D eigenvalue weighted by Crippen LogP contribution is 2.24. The standard InChI is InChI=1S/C11H13BrN2O3/c1-11(2,12)10(15)13(3)8-4-6-9(7-5-8)14(16)17/h4-7H,1-3H3. The third-order valence-electron chi connectivity index (χ3n) is 2.26. The van der Waals surface area contributed by atoms with E-state index in [1.165, 1.54) is 17.0 Å². The first-order chi connectivity index (χ1) is 7.73. The predicted octanol–water partition coefficient (Wildman–Crippen LogP) is 2.73. The summed E-state index contributed by atoms with van der Waals surface area (Å²) in [7, 11) is 1.63. The van der Waals surface area contributed by atoms with Gasteiger partial charge in [-0.3, -0.25) is 14.9 Å². The highest BCUT2D eigenvalue weighted by molar-refractivity contribution is 9.10. The van der Waals surface area contributed by atoms with E-state index >= 15 is 0 Å². The van der Waals surface area contributed by atoms with E-state index in [1.54, 1.807) is 33.0 Å². The Morgan fingerprint density at radius 2 is 1.82 bits per heavy atom. The number of hydrogen-bond acceptors (Lipinski definition) is 3. The van der Waals surface area contributed by atoms with Gasteiger partial charge in [-0.2, -0.15) is 0 Å². The van der Waals surface area contributed by atoms with Gasteiger partial charge in [0.1, 0.15) is 0 Å². The SMILES string of the molecule is CN(C(=O)C(C)(C)Br)c1ccc([N+](=O)[O-])cc1. The third kappa shape index (κ3) is 3.26. The van der Waals surface area contributed by atoms with E-state index in [4.69, 9.17) is 0 Å². The second kappa shape index (κ2) is 4.83. The molecule has 0 heterocycles. The maximum absolute atomic E-state index is 11.9. The zero-order valence-corrected chi connectivity index (χ0v) is 11.4. The molecular weight excluding hydrogens is 288 g/mol. The molecule has 1 aromatic carbocycles. The van der Waals surface area contributed by atoms with Crippen molar-refractivity contribution in [3.63, 3.8) is 0 Å². The number of nitro groups is 1. The Labute approximate surface area is 108 Å². The first-order valence-corrected chi connectivity index (χ1v) is 5.74. The van der Waals surface area contributed by atoms with E-state index in [-0.39, 0.29) is 11.6 Å². The van der Waals surface area contributed by atoms with Crippen molar-refractivity contribution in [2.24, 2.45) is 0 Å². The van der Waals surface area contributed by atoms with Crippen molar-refractivity contribution in [2.75, 3.05) is 11.9 Å². The van der Waals surface area contributed by atoms with E-state index in [0.29, 0.717) is 5.69 Å². The fourth-order valence-electron chi connectivity index (χ4n) is 1.31. The molecule has 0 radical (unpaired) electrons. The Hall–Kier alpha value is -1.43. The van der Waals surface area contributed by atoms with E-state index in [2.05, 4.69) is 15.9 Å². The normalized spacial score (nSPS) is 11.1. The number of rotatable bonds is 3. The highest BCUT2D eigenvalue weighted by Gasteiger charge is 2.27. The summed E-state index contributed by atoms with van der Waals surface area (Å²) in [5, 5.41) is 10.5. The number of alkyl halides is 1. The van der Waals surface area contributed by atoms with Crippen molar-refractivity contribution >= 4 is 33.2 Å². The summed E-state index contributed by atoms with van der Waals surface area (Å²) in [5.74, 6) is -0.119. The maximum Gasteiger partial charge on any atom is 0.269 e.